The highest BCUT2D eigenvalue weighted by molar-refractivity contribution is 7.00. The van der Waals surface area contributed by atoms with Gasteiger partial charge in [-0.1, -0.05) is 127 Å². The van der Waals surface area contributed by atoms with E-state index in [0.29, 0.717) is 0 Å². The third-order valence-electron chi connectivity index (χ3n) is 12.6. The number of benzene rings is 9. The number of fused-ring (bicyclic) bond motifs is 5. The molecule has 0 atom stereocenters. The first-order valence-corrected chi connectivity index (χ1v) is 21.5. The van der Waals surface area contributed by atoms with Crippen LogP contribution in [0.2, 0.25) is 0 Å². The van der Waals surface area contributed by atoms with E-state index in [9.17, 15) is 0 Å². The quantitative estimate of drug-likeness (QED) is 0.149. The Hall–Kier alpha value is -7.96. The number of hydrogen-bond donors (Lipinski definition) is 0. The Morgan fingerprint density at radius 1 is 0.306 bits per heavy atom. The molecule has 9 aromatic rings. The maximum Gasteiger partial charge on any atom is 0.252 e. The van der Waals surface area contributed by atoms with E-state index in [0.717, 1.165) is 47.2 Å². The highest BCUT2D eigenvalue weighted by Crippen LogP contribution is 2.51. The van der Waals surface area contributed by atoms with Crippen molar-refractivity contribution in [3.63, 3.8) is 0 Å². The summed E-state index contributed by atoms with van der Waals surface area (Å²) in [6.45, 7) is 1.66. The molecule has 62 heavy (non-hydrogen) atoms. The van der Waals surface area contributed by atoms with Gasteiger partial charge in [-0.15, -0.1) is 0 Å². The average Bonchev–Trinajstić information content (AvgIpc) is 3.35. The summed E-state index contributed by atoms with van der Waals surface area (Å²) in [7, 11) is 0. The lowest BCUT2D eigenvalue weighted by atomic mass is 9.33. The first-order valence-electron chi connectivity index (χ1n) is 21.5. The monoisotopic (exact) mass is 795 g/mol. The van der Waals surface area contributed by atoms with E-state index in [-0.39, 0.29) is 6.71 Å². The topological polar surface area (TPSA) is 16.2 Å². The maximum absolute atomic E-state index is 2.53. The SMILES string of the molecule is c1ccc(N2CCN(c3ccccc3)c3cc4c(cc32)B2c3ccccc3N(c3ccccc3)c3cc(N(c5ccccc5)c5ccccc5)cc(c32)N4c2ccccc2)cc1. The molecule has 9 aromatic carbocycles. The van der Waals surface area contributed by atoms with Crippen molar-refractivity contribution in [2.45, 2.75) is 0 Å². The summed E-state index contributed by atoms with van der Waals surface area (Å²) in [6, 6.07) is 84.0. The predicted octanol–water partition coefficient (Wildman–Crippen LogP) is 12.5. The predicted molar refractivity (Wildman–Crippen MR) is 262 cm³/mol. The van der Waals surface area contributed by atoms with Gasteiger partial charge in [0, 0.05) is 70.0 Å². The molecule has 0 unspecified atom stereocenters. The Morgan fingerprint density at radius 2 is 0.710 bits per heavy atom. The second-order valence-electron chi connectivity index (χ2n) is 16.1. The molecular weight excluding hydrogens is 753 g/mol. The van der Waals surface area contributed by atoms with Crippen molar-refractivity contribution in [1.29, 1.82) is 0 Å². The Morgan fingerprint density at radius 3 is 1.21 bits per heavy atom. The Labute approximate surface area is 363 Å². The van der Waals surface area contributed by atoms with Crippen molar-refractivity contribution in [1.82, 2.24) is 0 Å². The first kappa shape index (κ1) is 35.9. The van der Waals surface area contributed by atoms with E-state index in [1.54, 1.807) is 0 Å². The lowest BCUT2D eigenvalue weighted by Gasteiger charge is -2.46. The molecule has 0 fully saturated rings. The van der Waals surface area contributed by atoms with Crippen molar-refractivity contribution < 1.29 is 0 Å². The molecule has 3 heterocycles. The van der Waals surface area contributed by atoms with Crippen LogP contribution >= 0.6 is 0 Å². The summed E-state index contributed by atoms with van der Waals surface area (Å²) in [5.41, 5.74) is 18.9. The van der Waals surface area contributed by atoms with Gasteiger partial charge >= 0.3 is 0 Å². The fourth-order valence-electron chi connectivity index (χ4n) is 10.0. The minimum Gasteiger partial charge on any atom is -0.338 e. The molecule has 0 N–H and O–H groups in total. The highest BCUT2D eigenvalue weighted by Gasteiger charge is 2.45. The van der Waals surface area contributed by atoms with Gasteiger partial charge in [0.25, 0.3) is 6.71 Å². The second-order valence-corrected chi connectivity index (χ2v) is 16.1. The zero-order chi connectivity index (χ0) is 41.0. The van der Waals surface area contributed by atoms with Gasteiger partial charge in [0.2, 0.25) is 0 Å². The molecule has 3 aliphatic rings. The molecule has 0 spiro atoms. The lowest BCUT2D eigenvalue weighted by Crippen LogP contribution is -2.61. The van der Waals surface area contributed by atoms with Crippen LogP contribution < -0.4 is 40.9 Å². The Bertz CT molecular complexity index is 3000. The van der Waals surface area contributed by atoms with Gasteiger partial charge in [-0.25, -0.2) is 0 Å². The van der Waals surface area contributed by atoms with Crippen LogP contribution in [0.1, 0.15) is 0 Å². The summed E-state index contributed by atoms with van der Waals surface area (Å²) < 4.78 is 0. The molecule has 294 valence electrons. The second kappa shape index (κ2) is 14.9. The van der Waals surface area contributed by atoms with Gasteiger partial charge in [0.1, 0.15) is 0 Å². The van der Waals surface area contributed by atoms with Gasteiger partial charge in [0.15, 0.2) is 0 Å². The van der Waals surface area contributed by atoms with Crippen LogP contribution in [-0.4, -0.2) is 19.8 Å². The molecule has 0 saturated carbocycles. The molecule has 6 heteroatoms. The maximum atomic E-state index is 2.53. The molecule has 0 amide bonds. The number of para-hydroxylation sites is 7. The van der Waals surface area contributed by atoms with Crippen LogP contribution in [0.4, 0.5) is 73.9 Å². The third kappa shape index (κ3) is 5.87. The van der Waals surface area contributed by atoms with Gasteiger partial charge < -0.3 is 24.5 Å². The fourth-order valence-corrected chi connectivity index (χ4v) is 10.0. The van der Waals surface area contributed by atoms with E-state index >= 15 is 0 Å². The number of anilines is 13. The molecule has 5 nitrogen and oxygen atoms in total. The molecule has 12 rings (SSSR count). The first-order chi connectivity index (χ1) is 30.8. The summed E-state index contributed by atoms with van der Waals surface area (Å²) in [6.07, 6.45) is 0. The van der Waals surface area contributed by atoms with Gasteiger partial charge in [-0.2, -0.15) is 0 Å². The highest BCUT2D eigenvalue weighted by atomic mass is 15.3. The van der Waals surface area contributed by atoms with Crippen molar-refractivity contribution >= 4 is 97.0 Å². The van der Waals surface area contributed by atoms with Crippen molar-refractivity contribution in [2.24, 2.45) is 0 Å². The van der Waals surface area contributed by atoms with Crippen LogP contribution in [0.15, 0.2) is 231 Å². The summed E-state index contributed by atoms with van der Waals surface area (Å²) in [5.74, 6) is 0. The van der Waals surface area contributed by atoms with E-state index in [4.69, 9.17) is 0 Å². The number of hydrogen-bond acceptors (Lipinski definition) is 5. The van der Waals surface area contributed by atoms with E-state index in [1.165, 1.54) is 56.2 Å². The van der Waals surface area contributed by atoms with Gasteiger partial charge in [-0.3, -0.25) is 0 Å². The fraction of sp³-hybridized carbons (Fsp3) is 0.0357. The van der Waals surface area contributed by atoms with Crippen LogP contribution in [0.5, 0.6) is 0 Å². The third-order valence-corrected chi connectivity index (χ3v) is 12.6. The molecule has 0 aromatic heterocycles. The molecule has 0 bridgehead atoms. The normalized spacial score (nSPS) is 13.5. The summed E-state index contributed by atoms with van der Waals surface area (Å²) in [5, 5.41) is 0. The van der Waals surface area contributed by atoms with Crippen LogP contribution in [0, 0.1) is 0 Å². The van der Waals surface area contributed by atoms with Crippen LogP contribution in [0.3, 0.4) is 0 Å². The molecular formula is C56H42BN5. The zero-order valence-corrected chi connectivity index (χ0v) is 34.2. The minimum atomic E-state index is -0.0444. The molecule has 0 radical (unpaired) electrons. The molecule has 0 aliphatic carbocycles. The average molecular weight is 796 g/mol. The van der Waals surface area contributed by atoms with E-state index in [1.807, 2.05) is 0 Å². The Kier molecular flexibility index (Phi) is 8.67. The minimum absolute atomic E-state index is 0.0444. The smallest absolute Gasteiger partial charge is 0.252 e. The molecule has 0 saturated heterocycles. The van der Waals surface area contributed by atoms with Crippen LogP contribution in [-0.2, 0) is 0 Å². The van der Waals surface area contributed by atoms with Gasteiger partial charge in [-0.05, 0) is 120 Å². The number of rotatable bonds is 7. The summed E-state index contributed by atoms with van der Waals surface area (Å²) in [4.78, 5) is 12.4. The van der Waals surface area contributed by atoms with Gasteiger partial charge in [0.05, 0.1) is 17.1 Å². The number of nitrogens with zero attached hydrogens (tertiary/aromatic N) is 5. The van der Waals surface area contributed by atoms with E-state index in [2.05, 4.69) is 255 Å². The van der Waals surface area contributed by atoms with E-state index < -0.39 is 0 Å². The van der Waals surface area contributed by atoms with Crippen molar-refractivity contribution in [3.05, 3.63) is 231 Å². The Balaban J connectivity index is 1.20. The largest absolute Gasteiger partial charge is 0.338 e. The van der Waals surface area contributed by atoms with Crippen LogP contribution in [0.25, 0.3) is 0 Å². The zero-order valence-electron chi connectivity index (χ0n) is 34.2. The lowest BCUT2D eigenvalue weighted by molar-refractivity contribution is 0.850. The molecule has 3 aliphatic heterocycles. The summed E-state index contributed by atoms with van der Waals surface area (Å²) >= 11 is 0. The van der Waals surface area contributed by atoms with Crippen molar-refractivity contribution in [2.75, 3.05) is 37.6 Å². The standard InChI is InChI=1S/C56H42BN5/c1-7-21-41(22-8-1)58-35-36-59(42-23-9-2-10-24-42)53-40-51-49(39-52(53)58)57-48-33-19-20-34-50(48)61(45-29-15-5-16-30-45)54-37-47(38-55(56(54)57)62(51)46-31-17-6-18-32-46)60(43-25-11-3-12-26-43)44-27-13-4-14-28-44/h1-34,37-40H,35-36H2. The van der Waals surface area contributed by atoms with Crippen molar-refractivity contribution in [3.8, 4) is 0 Å².